The summed E-state index contributed by atoms with van der Waals surface area (Å²) in [4.78, 5) is 21.4. The lowest BCUT2D eigenvalue weighted by Gasteiger charge is -2.08. The summed E-state index contributed by atoms with van der Waals surface area (Å²) in [5.74, 6) is -0.0282. The number of rotatable bonds is 4. The van der Waals surface area contributed by atoms with Gasteiger partial charge in [-0.1, -0.05) is 0 Å². The number of halogens is 1. The highest BCUT2D eigenvalue weighted by atomic mass is 79.9. The Morgan fingerprint density at radius 1 is 1.47 bits per heavy atom. The zero-order valence-electron chi connectivity index (χ0n) is 8.73. The van der Waals surface area contributed by atoms with Crippen molar-refractivity contribution in [2.45, 2.75) is 12.8 Å². The summed E-state index contributed by atoms with van der Waals surface area (Å²) in [6.45, 7) is 0.0483. The summed E-state index contributed by atoms with van der Waals surface area (Å²) in [6, 6.07) is 1.69. The maximum atomic E-state index is 10.9. The fraction of sp³-hybridized carbons (Fsp3) is 0.273. The molecular weight excluding hydrogens is 292 g/mol. The third-order valence-corrected chi connectivity index (χ3v) is 3.09. The van der Waals surface area contributed by atoms with Gasteiger partial charge >= 0.3 is 5.97 Å². The Hall–Kier alpha value is -1.56. The first-order valence-electron chi connectivity index (χ1n) is 4.91. The van der Waals surface area contributed by atoms with E-state index in [2.05, 4.69) is 15.9 Å². The number of carboxylic acid groups (broad SMARTS) is 1. The SMILES string of the molecule is O=Cc1c(Br)cc(CCC(=O)O)c2c1OCO2. The van der Waals surface area contributed by atoms with Gasteiger partial charge < -0.3 is 14.6 Å². The van der Waals surface area contributed by atoms with E-state index < -0.39 is 5.97 Å². The number of aliphatic carboxylic acids is 1. The first-order valence-corrected chi connectivity index (χ1v) is 5.70. The maximum Gasteiger partial charge on any atom is 0.303 e. The second-order valence-electron chi connectivity index (χ2n) is 3.51. The minimum absolute atomic E-state index is 0.00265. The van der Waals surface area contributed by atoms with Crippen LogP contribution >= 0.6 is 15.9 Å². The van der Waals surface area contributed by atoms with Crippen LogP contribution in [-0.4, -0.2) is 24.2 Å². The van der Waals surface area contributed by atoms with Gasteiger partial charge in [0.15, 0.2) is 17.8 Å². The third-order valence-electron chi connectivity index (χ3n) is 2.43. The molecule has 1 aliphatic rings. The molecule has 17 heavy (non-hydrogen) atoms. The van der Waals surface area contributed by atoms with Gasteiger partial charge in [0.25, 0.3) is 0 Å². The monoisotopic (exact) mass is 300 g/mol. The molecule has 0 atom stereocenters. The van der Waals surface area contributed by atoms with Gasteiger partial charge in [-0.2, -0.15) is 0 Å². The first kappa shape index (κ1) is 11.9. The van der Waals surface area contributed by atoms with Crippen molar-refractivity contribution in [2.24, 2.45) is 0 Å². The van der Waals surface area contributed by atoms with Crippen molar-refractivity contribution < 1.29 is 24.2 Å². The van der Waals surface area contributed by atoms with Gasteiger partial charge in [0.2, 0.25) is 6.79 Å². The number of fused-ring (bicyclic) bond motifs is 1. The fourth-order valence-corrected chi connectivity index (χ4v) is 2.21. The van der Waals surface area contributed by atoms with Crippen LogP contribution in [0.25, 0.3) is 0 Å². The summed E-state index contributed by atoms with van der Waals surface area (Å²) in [5.41, 5.74) is 1.11. The number of carbonyl (C=O) groups excluding carboxylic acids is 1. The van der Waals surface area contributed by atoms with Crippen LogP contribution in [0.2, 0.25) is 0 Å². The van der Waals surface area contributed by atoms with Gasteiger partial charge in [0, 0.05) is 10.9 Å². The highest BCUT2D eigenvalue weighted by molar-refractivity contribution is 9.10. The Morgan fingerprint density at radius 3 is 2.82 bits per heavy atom. The highest BCUT2D eigenvalue weighted by Gasteiger charge is 2.24. The molecule has 1 heterocycles. The Morgan fingerprint density at radius 2 is 2.18 bits per heavy atom. The molecule has 6 heteroatoms. The fourth-order valence-electron chi connectivity index (χ4n) is 1.66. The van der Waals surface area contributed by atoms with E-state index >= 15 is 0 Å². The lowest BCUT2D eigenvalue weighted by molar-refractivity contribution is -0.136. The second kappa shape index (κ2) is 4.75. The van der Waals surface area contributed by atoms with Crippen LogP contribution in [0, 0.1) is 0 Å². The molecule has 0 saturated carbocycles. The average Bonchev–Trinajstić information content (AvgIpc) is 2.74. The van der Waals surface area contributed by atoms with Crippen molar-refractivity contribution >= 4 is 28.2 Å². The Labute approximate surface area is 105 Å². The van der Waals surface area contributed by atoms with Crippen LogP contribution in [-0.2, 0) is 11.2 Å². The van der Waals surface area contributed by atoms with Crippen LogP contribution < -0.4 is 9.47 Å². The van der Waals surface area contributed by atoms with Crippen LogP contribution in [0.4, 0.5) is 0 Å². The third kappa shape index (κ3) is 2.26. The summed E-state index contributed by atoms with van der Waals surface area (Å²) in [5, 5.41) is 8.65. The van der Waals surface area contributed by atoms with Gasteiger partial charge in [-0.3, -0.25) is 9.59 Å². The van der Waals surface area contributed by atoms with Gasteiger partial charge in [0.1, 0.15) is 0 Å². The molecule has 0 radical (unpaired) electrons. The van der Waals surface area contributed by atoms with E-state index in [4.69, 9.17) is 14.6 Å². The van der Waals surface area contributed by atoms with Gasteiger partial charge in [-0.05, 0) is 34.0 Å². The van der Waals surface area contributed by atoms with Crippen molar-refractivity contribution in [3.05, 3.63) is 21.7 Å². The molecule has 2 rings (SSSR count). The normalized spacial score (nSPS) is 12.5. The van der Waals surface area contributed by atoms with E-state index in [0.29, 0.717) is 34.2 Å². The highest BCUT2D eigenvalue weighted by Crippen LogP contribution is 2.42. The second-order valence-corrected chi connectivity index (χ2v) is 4.36. The quantitative estimate of drug-likeness (QED) is 0.861. The lowest BCUT2D eigenvalue weighted by Crippen LogP contribution is -1.99. The molecule has 0 unspecified atom stereocenters. The number of aldehydes is 1. The van der Waals surface area contributed by atoms with E-state index in [1.165, 1.54) is 0 Å². The minimum atomic E-state index is -0.881. The number of hydrogen-bond acceptors (Lipinski definition) is 4. The topological polar surface area (TPSA) is 72.8 Å². The molecule has 5 nitrogen and oxygen atoms in total. The van der Waals surface area contributed by atoms with Crippen LogP contribution in [0.5, 0.6) is 11.5 Å². The van der Waals surface area contributed by atoms with E-state index in [1.807, 2.05) is 0 Å². The van der Waals surface area contributed by atoms with Crippen molar-refractivity contribution in [1.29, 1.82) is 0 Å². The van der Waals surface area contributed by atoms with Gasteiger partial charge in [-0.25, -0.2) is 0 Å². The molecule has 1 aromatic rings. The summed E-state index contributed by atoms with van der Waals surface area (Å²) in [7, 11) is 0. The number of aryl methyl sites for hydroxylation is 1. The number of hydrogen-bond donors (Lipinski definition) is 1. The van der Waals surface area contributed by atoms with Crippen molar-refractivity contribution in [1.82, 2.24) is 0 Å². The van der Waals surface area contributed by atoms with Crippen LogP contribution in [0.3, 0.4) is 0 Å². The molecule has 1 N–H and O–H groups in total. The molecule has 1 aromatic carbocycles. The lowest BCUT2D eigenvalue weighted by atomic mass is 10.1. The number of carboxylic acids is 1. The Balaban J connectivity index is 2.41. The molecule has 0 bridgehead atoms. The molecule has 90 valence electrons. The maximum absolute atomic E-state index is 10.9. The van der Waals surface area contributed by atoms with E-state index in [-0.39, 0.29) is 13.2 Å². The molecule has 1 aliphatic heterocycles. The number of ether oxygens (including phenoxy) is 2. The summed E-state index contributed by atoms with van der Waals surface area (Å²) >= 11 is 3.25. The predicted octanol–water partition coefficient (Wildman–Crippen LogP) is 2.01. The molecule has 0 amide bonds. The van der Waals surface area contributed by atoms with E-state index in [9.17, 15) is 9.59 Å². The van der Waals surface area contributed by atoms with Crippen molar-refractivity contribution in [3.63, 3.8) is 0 Å². The average molecular weight is 301 g/mol. The van der Waals surface area contributed by atoms with E-state index in [0.717, 1.165) is 5.56 Å². The van der Waals surface area contributed by atoms with Crippen LogP contribution in [0.1, 0.15) is 22.3 Å². The predicted molar refractivity (Wildman–Crippen MR) is 61.6 cm³/mol. The Bertz CT molecular complexity index is 483. The zero-order valence-corrected chi connectivity index (χ0v) is 10.3. The molecule has 0 aliphatic carbocycles. The van der Waals surface area contributed by atoms with Crippen LogP contribution in [0.15, 0.2) is 10.5 Å². The van der Waals surface area contributed by atoms with Crippen molar-refractivity contribution in [3.8, 4) is 11.5 Å². The first-order chi connectivity index (χ1) is 8.13. The standard InChI is InChI=1S/C11H9BrO5/c12-8-3-6(1-2-9(14)15)10-11(7(8)4-13)17-5-16-10/h3-4H,1-2,5H2,(H,14,15). The molecule has 0 saturated heterocycles. The largest absolute Gasteiger partial charge is 0.481 e. The van der Waals surface area contributed by atoms with Crippen molar-refractivity contribution in [2.75, 3.05) is 6.79 Å². The molecular formula is C11H9BrO5. The molecule has 0 spiro atoms. The van der Waals surface area contributed by atoms with E-state index in [1.54, 1.807) is 6.07 Å². The number of carbonyl (C=O) groups is 2. The zero-order chi connectivity index (χ0) is 12.4. The Kier molecular flexibility index (Phi) is 3.33. The number of benzene rings is 1. The molecule has 0 aromatic heterocycles. The summed E-state index contributed by atoms with van der Waals surface area (Å²) in [6.07, 6.45) is 1.01. The van der Waals surface area contributed by atoms with Gasteiger partial charge in [-0.15, -0.1) is 0 Å². The minimum Gasteiger partial charge on any atom is -0.481 e. The molecule has 0 fully saturated rings. The van der Waals surface area contributed by atoms with Gasteiger partial charge in [0.05, 0.1) is 5.56 Å². The summed E-state index contributed by atoms with van der Waals surface area (Å²) < 4.78 is 11.1. The smallest absolute Gasteiger partial charge is 0.303 e.